The van der Waals surface area contributed by atoms with E-state index in [9.17, 15) is 9.59 Å². The number of aromatic nitrogens is 1. The van der Waals surface area contributed by atoms with Crippen LogP contribution in [0, 0.1) is 18.8 Å². The fourth-order valence-corrected chi connectivity index (χ4v) is 7.86. The van der Waals surface area contributed by atoms with Crippen LogP contribution in [0.25, 0.3) is 10.9 Å². The summed E-state index contributed by atoms with van der Waals surface area (Å²) in [7, 11) is 0. The fourth-order valence-electron chi connectivity index (χ4n) is 7.54. The molecule has 1 saturated heterocycles. The van der Waals surface area contributed by atoms with Gasteiger partial charge in [0.15, 0.2) is 0 Å². The zero-order valence-electron chi connectivity index (χ0n) is 22.7. The molecule has 42 heavy (non-hydrogen) atoms. The molecule has 4 aromatic carbocycles. The van der Waals surface area contributed by atoms with Crippen LogP contribution in [0.1, 0.15) is 50.9 Å². The first-order valence-corrected chi connectivity index (χ1v) is 14.8. The third-order valence-corrected chi connectivity index (χ3v) is 10.1. The van der Waals surface area contributed by atoms with Crippen molar-refractivity contribution in [2.45, 2.75) is 25.3 Å². The molecule has 0 saturated carbocycles. The summed E-state index contributed by atoms with van der Waals surface area (Å²) in [5.41, 5.74) is 8.48. The summed E-state index contributed by atoms with van der Waals surface area (Å²) in [5, 5.41) is 7.77. The zero-order valence-corrected chi connectivity index (χ0v) is 24.2. The summed E-state index contributed by atoms with van der Waals surface area (Å²) in [6, 6.07) is 30.2. The van der Waals surface area contributed by atoms with Gasteiger partial charge in [-0.3, -0.25) is 9.59 Å². The molecular formula is C35H25Cl2N3O2. The number of carbonyl (C=O) groups is 2. The second kappa shape index (κ2) is 9.41. The minimum Gasteiger partial charge on any atom is -0.340 e. The maximum Gasteiger partial charge on any atom is 0.254 e. The van der Waals surface area contributed by atoms with Crippen molar-refractivity contribution in [2.75, 3.05) is 0 Å². The Labute approximate surface area is 253 Å². The number of halogens is 2. The number of amides is 2. The summed E-state index contributed by atoms with van der Waals surface area (Å²) in [6.07, 6.45) is 1.68. The van der Waals surface area contributed by atoms with Crippen molar-refractivity contribution in [3.8, 4) is 0 Å². The van der Waals surface area contributed by atoms with Gasteiger partial charge in [-0.25, -0.2) is 0 Å². The van der Waals surface area contributed by atoms with E-state index in [4.69, 9.17) is 23.2 Å². The molecule has 3 aliphatic carbocycles. The van der Waals surface area contributed by atoms with E-state index in [1.807, 2.05) is 61.5 Å². The first-order valence-electron chi connectivity index (χ1n) is 14.0. The molecular weight excluding hydrogens is 565 g/mol. The molecule has 0 spiro atoms. The van der Waals surface area contributed by atoms with E-state index >= 15 is 0 Å². The Hall–Kier alpha value is -4.19. The third-order valence-electron chi connectivity index (χ3n) is 9.33. The standard InChI is InChI=1S/C35H25Cl2N3O2/c1-19-26(21-8-6-7-13-29(21)39(19)18-20-14-15-27(36)28(37)16-20)17-38-40-34(41)32-30-22-9-2-3-10-23(22)31(33(32)35(40)42)25-12-5-4-11-24(25)30/h2-17,30-33H,18H2,1H3/b38-17-/t30?,31?,32-,33-/m1/s1. The highest BCUT2D eigenvalue weighted by Crippen LogP contribution is 2.61. The molecule has 4 aliphatic rings. The lowest BCUT2D eigenvalue weighted by atomic mass is 9.55. The topological polar surface area (TPSA) is 54.7 Å². The normalized spacial score (nSPS) is 22.2. The Kier molecular flexibility index (Phi) is 5.72. The highest BCUT2D eigenvalue weighted by Gasteiger charge is 2.61. The van der Waals surface area contributed by atoms with Crippen LogP contribution in [-0.4, -0.2) is 27.6 Å². The number of hydrazone groups is 1. The fraction of sp³-hybridized carbons (Fsp3) is 0.171. The summed E-state index contributed by atoms with van der Waals surface area (Å²) in [5.74, 6) is -1.67. The van der Waals surface area contributed by atoms with E-state index in [0.29, 0.717) is 16.6 Å². The van der Waals surface area contributed by atoms with Gasteiger partial charge in [0.1, 0.15) is 0 Å². The van der Waals surface area contributed by atoms with Crippen molar-refractivity contribution in [2.24, 2.45) is 16.9 Å². The van der Waals surface area contributed by atoms with Crippen molar-refractivity contribution in [1.82, 2.24) is 9.58 Å². The minimum absolute atomic E-state index is 0.154. The Morgan fingerprint density at radius 1 is 0.738 bits per heavy atom. The van der Waals surface area contributed by atoms with Gasteiger partial charge in [0, 0.05) is 40.5 Å². The van der Waals surface area contributed by atoms with Crippen LogP contribution in [0.15, 0.2) is 96.1 Å². The van der Waals surface area contributed by atoms with Crippen LogP contribution in [0.5, 0.6) is 0 Å². The lowest BCUT2D eigenvalue weighted by Crippen LogP contribution is -2.41. The summed E-state index contributed by atoms with van der Waals surface area (Å²) >= 11 is 12.4. The first kappa shape index (κ1) is 25.5. The van der Waals surface area contributed by atoms with Crippen molar-refractivity contribution >= 4 is 52.1 Å². The molecule has 0 radical (unpaired) electrons. The number of para-hydroxylation sites is 1. The van der Waals surface area contributed by atoms with Crippen molar-refractivity contribution in [3.05, 3.63) is 140 Å². The number of hydrogen-bond donors (Lipinski definition) is 0. The molecule has 1 aliphatic heterocycles. The van der Waals surface area contributed by atoms with Gasteiger partial charge in [-0.05, 0) is 52.9 Å². The number of fused-ring (bicyclic) bond motifs is 1. The second-order valence-corrected chi connectivity index (χ2v) is 12.2. The molecule has 0 unspecified atom stereocenters. The zero-order chi connectivity index (χ0) is 28.7. The van der Waals surface area contributed by atoms with Crippen LogP contribution >= 0.6 is 23.2 Å². The quantitative estimate of drug-likeness (QED) is 0.161. The van der Waals surface area contributed by atoms with Gasteiger partial charge in [-0.1, -0.05) is 96.0 Å². The number of rotatable bonds is 4. The molecule has 7 heteroatoms. The monoisotopic (exact) mass is 589 g/mol. The van der Waals surface area contributed by atoms with Gasteiger partial charge < -0.3 is 4.57 Å². The van der Waals surface area contributed by atoms with E-state index in [1.54, 1.807) is 12.3 Å². The summed E-state index contributed by atoms with van der Waals surface area (Å²) in [4.78, 5) is 28.0. The molecule has 5 aromatic rings. The van der Waals surface area contributed by atoms with Crippen molar-refractivity contribution < 1.29 is 9.59 Å². The lowest BCUT2D eigenvalue weighted by Gasteiger charge is -2.45. The summed E-state index contributed by atoms with van der Waals surface area (Å²) in [6.45, 7) is 2.61. The molecule has 2 bridgehead atoms. The Morgan fingerprint density at radius 2 is 1.29 bits per heavy atom. The van der Waals surface area contributed by atoms with E-state index in [2.05, 4.69) is 40.0 Å². The first-order chi connectivity index (χ1) is 20.4. The lowest BCUT2D eigenvalue weighted by molar-refractivity contribution is -0.139. The van der Waals surface area contributed by atoms with Crippen LogP contribution in [0.3, 0.4) is 0 Å². The predicted octanol–water partition coefficient (Wildman–Crippen LogP) is 7.53. The number of benzene rings is 4. The van der Waals surface area contributed by atoms with Gasteiger partial charge in [0.05, 0.1) is 28.1 Å². The predicted molar refractivity (Wildman–Crippen MR) is 165 cm³/mol. The summed E-state index contributed by atoms with van der Waals surface area (Å²) < 4.78 is 2.19. The maximum absolute atomic E-state index is 14.0. The Balaban J connectivity index is 1.18. The van der Waals surface area contributed by atoms with Gasteiger partial charge in [0.2, 0.25) is 0 Å². The molecule has 1 fully saturated rings. The van der Waals surface area contributed by atoms with Crippen LogP contribution in [0.2, 0.25) is 10.0 Å². The maximum atomic E-state index is 14.0. The van der Waals surface area contributed by atoms with Crippen molar-refractivity contribution in [3.63, 3.8) is 0 Å². The largest absolute Gasteiger partial charge is 0.340 e. The van der Waals surface area contributed by atoms with Gasteiger partial charge in [-0.2, -0.15) is 10.1 Å². The van der Waals surface area contributed by atoms with Crippen LogP contribution < -0.4 is 0 Å². The number of nitrogens with zero attached hydrogens (tertiary/aromatic N) is 3. The SMILES string of the molecule is Cc1c(/C=N\N2C(=O)[C@@H]3C4c5ccccc5C(c5ccccc54)[C@H]3C2=O)c2ccccc2n1Cc1ccc(Cl)c(Cl)c1. The van der Waals surface area contributed by atoms with Crippen molar-refractivity contribution in [1.29, 1.82) is 0 Å². The molecule has 5 nitrogen and oxygen atoms in total. The molecule has 9 rings (SSSR count). The molecule has 2 atom stereocenters. The molecule has 2 heterocycles. The Bertz CT molecular complexity index is 1880. The van der Waals surface area contributed by atoms with E-state index < -0.39 is 11.8 Å². The average molecular weight is 591 g/mol. The van der Waals surface area contributed by atoms with E-state index in [1.165, 1.54) is 0 Å². The smallest absolute Gasteiger partial charge is 0.254 e. The van der Waals surface area contributed by atoms with Gasteiger partial charge >= 0.3 is 0 Å². The number of hydrogen-bond acceptors (Lipinski definition) is 3. The van der Waals surface area contributed by atoms with E-state index in [0.717, 1.165) is 55.0 Å². The molecule has 206 valence electrons. The molecule has 2 amide bonds. The number of imide groups is 1. The van der Waals surface area contributed by atoms with E-state index in [-0.39, 0.29) is 23.7 Å². The minimum atomic E-state index is -0.457. The average Bonchev–Trinajstić information content (AvgIpc) is 3.42. The highest BCUT2D eigenvalue weighted by atomic mass is 35.5. The van der Waals surface area contributed by atoms with Crippen LogP contribution in [0.4, 0.5) is 0 Å². The molecule has 0 N–H and O–H groups in total. The number of carbonyl (C=O) groups excluding carboxylic acids is 2. The van der Waals surface area contributed by atoms with Crippen LogP contribution in [-0.2, 0) is 16.1 Å². The third kappa shape index (κ3) is 3.53. The van der Waals surface area contributed by atoms with Gasteiger partial charge in [0.25, 0.3) is 11.8 Å². The second-order valence-electron chi connectivity index (χ2n) is 11.3. The Morgan fingerprint density at radius 3 is 1.86 bits per heavy atom. The molecule has 1 aromatic heterocycles. The van der Waals surface area contributed by atoms with Gasteiger partial charge in [-0.15, -0.1) is 0 Å². The highest BCUT2D eigenvalue weighted by molar-refractivity contribution is 6.42.